The maximum absolute atomic E-state index is 13.3. The number of hydroxylamine groups is 1. The molecule has 1 aliphatic rings. The van der Waals surface area contributed by atoms with Crippen LogP contribution in [0.15, 0.2) is 66.9 Å². The summed E-state index contributed by atoms with van der Waals surface area (Å²) in [4.78, 5) is 46.7. The Hall–Kier alpha value is -3.95. The monoisotopic (exact) mass is 545 g/mol. The van der Waals surface area contributed by atoms with E-state index in [0.29, 0.717) is 26.2 Å². The van der Waals surface area contributed by atoms with Gasteiger partial charge in [0.2, 0.25) is 17.7 Å². The highest BCUT2D eigenvalue weighted by Gasteiger charge is 2.30. The Morgan fingerprint density at radius 2 is 1.77 bits per heavy atom. The van der Waals surface area contributed by atoms with Gasteiger partial charge < -0.3 is 15.2 Å². The van der Waals surface area contributed by atoms with E-state index in [1.165, 1.54) is 0 Å². The number of aryl methyl sites for hydroxylation is 1. The molecular formula is C31H39N5O4. The van der Waals surface area contributed by atoms with Crippen molar-refractivity contribution in [2.75, 3.05) is 20.3 Å². The van der Waals surface area contributed by atoms with Gasteiger partial charge in [-0.15, -0.1) is 0 Å². The second-order valence-corrected chi connectivity index (χ2v) is 10.6. The summed E-state index contributed by atoms with van der Waals surface area (Å²) >= 11 is 0. The summed E-state index contributed by atoms with van der Waals surface area (Å²) in [6, 6.07) is 15.0. The first-order chi connectivity index (χ1) is 19.2. The Balaban J connectivity index is 1.48. The van der Waals surface area contributed by atoms with Crippen LogP contribution in [0.25, 0.3) is 10.9 Å². The summed E-state index contributed by atoms with van der Waals surface area (Å²) in [5.41, 5.74) is 6.55. The number of amides is 3. The highest BCUT2D eigenvalue weighted by Crippen LogP contribution is 2.25. The minimum Gasteiger partial charge on any atom is -0.344 e. The lowest BCUT2D eigenvalue weighted by Crippen LogP contribution is -2.52. The summed E-state index contributed by atoms with van der Waals surface area (Å²) in [5.74, 6) is -2.40. The first-order valence-electron chi connectivity index (χ1n) is 13.7. The normalized spacial score (nSPS) is 18.9. The topological polar surface area (TPSA) is 105 Å². The molecular weight excluding hydrogens is 506 g/mol. The number of hydrogen-bond acceptors (Lipinski definition) is 5. The fraction of sp³-hybridized carbons (Fsp3) is 0.387. The number of nitrogens with zero attached hydrogens (tertiary/aromatic N) is 2. The van der Waals surface area contributed by atoms with Gasteiger partial charge in [0.25, 0.3) is 0 Å². The molecule has 3 atom stereocenters. The number of likely N-dealkylation sites (N-methyl/N-ethyl adjacent to an activating group) is 1. The first kappa shape index (κ1) is 29.0. The van der Waals surface area contributed by atoms with Crippen LogP contribution in [0.4, 0.5) is 0 Å². The Morgan fingerprint density at radius 3 is 2.55 bits per heavy atom. The molecule has 0 radical (unpaired) electrons. The summed E-state index contributed by atoms with van der Waals surface area (Å²) in [7, 11) is 1.92. The zero-order valence-corrected chi connectivity index (χ0v) is 23.6. The largest absolute Gasteiger partial charge is 0.344 e. The molecule has 212 valence electrons. The standard InChI is InChI=1S/C31H39N5O4/c1-21-12-13-28-26(16-21)25-17-27(31(39)32-20-35(4)14-8-9-15-36(28)18-25)33-29(37)22(2)23(3)30(38)34-40-19-24-10-6-5-7-11-24/h5-13,16,18,22-23,27H,14-15,17,19-20H2,1-4H3,(H,32,39)(H,33,37)(H,34,38)/b9-8+. The maximum Gasteiger partial charge on any atom is 0.247 e. The lowest BCUT2D eigenvalue weighted by molar-refractivity contribution is -0.143. The first-order valence-corrected chi connectivity index (χ1v) is 13.7. The van der Waals surface area contributed by atoms with Gasteiger partial charge in [-0.05, 0) is 37.2 Å². The van der Waals surface area contributed by atoms with E-state index in [0.717, 1.165) is 27.6 Å². The van der Waals surface area contributed by atoms with Crippen LogP contribution < -0.4 is 16.1 Å². The predicted octanol–water partition coefficient (Wildman–Crippen LogP) is 3.07. The smallest absolute Gasteiger partial charge is 0.247 e. The molecule has 0 saturated heterocycles. The van der Waals surface area contributed by atoms with Gasteiger partial charge in [0.05, 0.1) is 13.3 Å². The minimum absolute atomic E-state index is 0.221. The van der Waals surface area contributed by atoms with Crippen molar-refractivity contribution in [1.82, 2.24) is 25.6 Å². The van der Waals surface area contributed by atoms with Crippen LogP contribution in [-0.2, 0) is 38.8 Å². The average Bonchev–Trinajstić information content (AvgIpc) is 3.29. The third-order valence-corrected chi connectivity index (χ3v) is 7.42. The van der Waals surface area contributed by atoms with E-state index in [2.05, 4.69) is 57.2 Å². The van der Waals surface area contributed by atoms with Crippen LogP contribution in [0, 0.1) is 18.8 Å². The van der Waals surface area contributed by atoms with Crippen molar-refractivity contribution >= 4 is 28.6 Å². The number of allylic oxidation sites excluding steroid dienone is 1. The van der Waals surface area contributed by atoms with Gasteiger partial charge in [-0.25, -0.2) is 5.48 Å². The zero-order valence-electron chi connectivity index (χ0n) is 23.6. The Bertz CT molecular complexity index is 1370. The quantitative estimate of drug-likeness (QED) is 0.313. The molecule has 2 heterocycles. The van der Waals surface area contributed by atoms with E-state index in [1.807, 2.05) is 49.2 Å². The second kappa shape index (κ2) is 13.4. The zero-order chi connectivity index (χ0) is 28.6. The molecule has 40 heavy (non-hydrogen) atoms. The molecule has 0 spiro atoms. The molecule has 1 aliphatic heterocycles. The van der Waals surface area contributed by atoms with Crippen molar-refractivity contribution in [2.45, 2.75) is 46.4 Å². The molecule has 9 heteroatoms. The number of nitrogens with one attached hydrogen (secondary N) is 3. The van der Waals surface area contributed by atoms with Gasteiger partial charge in [0.15, 0.2) is 0 Å². The molecule has 2 bridgehead atoms. The summed E-state index contributed by atoms with van der Waals surface area (Å²) in [6.07, 6.45) is 6.59. The highest BCUT2D eigenvalue weighted by atomic mass is 16.6. The molecule has 1 aromatic heterocycles. The van der Waals surface area contributed by atoms with Crippen LogP contribution in [0.1, 0.15) is 30.5 Å². The van der Waals surface area contributed by atoms with Gasteiger partial charge in [-0.3, -0.25) is 24.1 Å². The third-order valence-electron chi connectivity index (χ3n) is 7.42. The van der Waals surface area contributed by atoms with Crippen molar-refractivity contribution in [2.24, 2.45) is 11.8 Å². The predicted molar refractivity (Wildman–Crippen MR) is 155 cm³/mol. The van der Waals surface area contributed by atoms with Crippen LogP contribution in [-0.4, -0.2) is 53.5 Å². The van der Waals surface area contributed by atoms with Gasteiger partial charge in [0.1, 0.15) is 6.04 Å². The van der Waals surface area contributed by atoms with E-state index < -0.39 is 23.8 Å². The minimum atomic E-state index is -0.804. The van der Waals surface area contributed by atoms with Gasteiger partial charge in [0, 0.05) is 48.4 Å². The summed E-state index contributed by atoms with van der Waals surface area (Å²) in [5, 5.41) is 6.94. The summed E-state index contributed by atoms with van der Waals surface area (Å²) < 4.78 is 2.17. The fourth-order valence-corrected chi connectivity index (χ4v) is 4.69. The van der Waals surface area contributed by atoms with Crippen molar-refractivity contribution in [3.8, 4) is 0 Å². The number of hydrogen-bond donors (Lipinski definition) is 3. The molecule has 0 saturated carbocycles. The Morgan fingerprint density at radius 1 is 1.05 bits per heavy atom. The maximum atomic E-state index is 13.3. The molecule has 3 amide bonds. The van der Waals surface area contributed by atoms with Crippen LogP contribution in [0.5, 0.6) is 0 Å². The van der Waals surface area contributed by atoms with E-state index >= 15 is 0 Å². The lowest BCUT2D eigenvalue weighted by atomic mass is 9.93. The number of carbonyl (C=O) groups is 3. The molecule has 9 nitrogen and oxygen atoms in total. The number of rotatable bonds is 7. The van der Waals surface area contributed by atoms with Crippen molar-refractivity contribution in [3.63, 3.8) is 0 Å². The van der Waals surface area contributed by atoms with Crippen LogP contribution >= 0.6 is 0 Å². The number of carbonyl (C=O) groups excluding carboxylic acids is 3. The van der Waals surface area contributed by atoms with Crippen molar-refractivity contribution in [1.29, 1.82) is 0 Å². The fourth-order valence-electron chi connectivity index (χ4n) is 4.69. The number of fused-ring (bicyclic) bond motifs is 5. The van der Waals surface area contributed by atoms with E-state index in [1.54, 1.807) is 13.8 Å². The van der Waals surface area contributed by atoms with E-state index in [4.69, 9.17) is 4.84 Å². The SMILES string of the molecule is Cc1ccc2c(c1)c1cn2C/C=C/CN(C)CNC(=O)C(NC(=O)C(C)C(C)C(=O)NOCc2ccccc2)C1. The van der Waals surface area contributed by atoms with Crippen LogP contribution in [0.3, 0.4) is 0 Å². The van der Waals surface area contributed by atoms with E-state index in [9.17, 15) is 14.4 Å². The molecule has 3 N–H and O–H groups in total. The molecule has 3 unspecified atom stereocenters. The molecule has 0 fully saturated rings. The van der Waals surface area contributed by atoms with E-state index in [-0.39, 0.29) is 18.4 Å². The van der Waals surface area contributed by atoms with Gasteiger partial charge in [-0.2, -0.15) is 0 Å². The third kappa shape index (κ3) is 7.37. The Kier molecular flexibility index (Phi) is 9.74. The molecule has 2 aromatic carbocycles. The summed E-state index contributed by atoms with van der Waals surface area (Å²) in [6.45, 7) is 7.36. The lowest BCUT2D eigenvalue weighted by Gasteiger charge is -2.24. The molecule has 0 aliphatic carbocycles. The number of aromatic nitrogens is 1. The van der Waals surface area contributed by atoms with Gasteiger partial charge >= 0.3 is 0 Å². The van der Waals surface area contributed by atoms with Crippen molar-refractivity contribution in [3.05, 3.63) is 83.6 Å². The average molecular weight is 546 g/mol. The van der Waals surface area contributed by atoms with Crippen LogP contribution in [0.2, 0.25) is 0 Å². The Labute approximate surface area is 235 Å². The van der Waals surface area contributed by atoms with Crippen molar-refractivity contribution < 1.29 is 19.2 Å². The van der Waals surface area contributed by atoms with Gasteiger partial charge in [-0.1, -0.05) is 68.0 Å². The molecule has 3 aromatic rings. The molecule has 4 rings (SSSR count). The second-order valence-electron chi connectivity index (χ2n) is 10.6. The number of benzene rings is 2. The highest BCUT2D eigenvalue weighted by molar-refractivity contribution is 5.92.